The molecule has 0 spiro atoms. The lowest BCUT2D eigenvalue weighted by Gasteiger charge is -2.12. The van der Waals surface area contributed by atoms with Crippen molar-refractivity contribution in [3.05, 3.63) is 35.9 Å². The van der Waals surface area contributed by atoms with Crippen LogP contribution in [-0.4, -0.2) is 24.5 Å². The molecular formula is C15H22N2O3. The normalized spacial score (nSPS) is 11.8. The number of hydrogen-bond acceptors (Lipinski definition) is 4. The number of hydrogen-bond donors (Lipinski definition) is 2. The van der Waals surface area contributed by atoms with Gasteiger partial charge in [-0.1, -0.05) is 37.3 Å². The number of carbonyl (C=O) groups is 2. The van der Waals surface area contributed by atoms with Gasteiger partial charge in [-0.3, -0.25) is 9.59 Å². The van der Waals surface area contributed by atoms with Crippen LogP contribution in [0.1, 0.15) is 31.7 Å². The molecule has 0 saturated heterocycles. The molecule has 0 aliphatic heterocycles. The van der Waals surface area contributed by atoms with Crippen LogP contribution >= 0.6 is 0 Å². The van der Waals surface area contributed by atoms with E-state index >= 15 is 0 Å². The molecule has 0 radical (unpaired) electrons. The number of nitrogens with two attached hydrogens (primary N) is 1. The fourth-order valence-corrected chi connectivity index (χ4v) is 1.77. The standard InChI is InChI=1S/C15H22N2O3/c1-2-13(15(16)19)17-10-6-9-14(18)20-11-12-7-4-3-5-8-12/h3-5,7-8,13,17H,2,6,9-11H2,1H3,(H2,16,19)/t13-/m0/s1. The molecule has 0 aliphatic carbocycles. The molecule has 1 atom stereocenters. The van der Waals surface area contributed by atoms with Crippen LogP contribution < -0.4 is 11.1 Å². The maximum absolute atomic E-state index is 11.5. The van der Waals surface area contributed by atoms with Crippen molar-refractivity contribution < 1.29 is 14.3 Å². The minimum atomic E-state index is -0.362. The molecule has 0 saturated carbocycles. The Hall–Kier alpha value is -1.88. The number of esters is 1. The van der Waals surface area contributed by atoms with E-state index in [1.165, 1.54) is 0 Å². The van der Waals surface area contributed by atoms with Gasteiger partial charge in [0.05, 0.1) is 6.04 Å². The summed E-state index contributed by atoms with van der Waals surface area (Å²) in [4.78, 5) is 22.5. The van der Waals surface area contributed by atoms with E-state index in [0.29, 0.717) is 32.4 Å². The molecule has 5 heteroatoms. The molecule has 0 aromatic heterocycles. The lowest BCUT2D eigenvalue weighted by atomic mass is 10.2. The second-order valence-electron chi connectivity index (χ2n) is 4.57. The molecule has 0 aliphatic rings. The maximum atomic E-state index is 11.5. The SMILES string of the molecule is CC[C@H](NCCCC(=O)OCc1ccccc1)C(N)=O. The average molecular weight is 278 g/mol. The third kappa shape index (κ3) is 6.33. The molecule has 0 bridgehead atoms. The Morgan fingerprint density at radius 2 is 2.00 bits per heavy atom. The van der Waals surface area contributed by atoms with Crippen LogP contribution in [0.3, 0.4) is 0 Å². The second-order valence-corrected chi connectivity index (χ2v) is 4.57. The molecule has 1 aromatic rings. The lowest BCUT2D eigenvalue weighted by molar-refractivity contribution is -0.145. The summed E-state index contributed by atoms with van der Waals surface area (Å²) in [6.45, 7) is 2.75. The van der Waals surface area contributed by atoms with E-state index in [1.54, 1.807) is 0 Å². The van der Waals surface area contributed by atoms with Gasteiger partial charge in [0.2, 0.25) is 5.91 Å². The molecule has 1 aromatic carbocycles. The zero-order valence-corrected chi connectivity index (χ0v) is 11.8. The third-order valence-electron chi connectivity index (χ3n) is 2.94. The fourth-order valence-electron chi connectivity index (χ4n) is 1.77. The molecule has 0 fully saturated rings. The monoisotopic (exact) mass is 278 g/mol. The summed E-state index contributed by atoms with van der Waals surface area (Å²) in [6, 6.07) is 9.22. The highest BCUT2D eigenvalue weighted by atomic mass is 16.5. The first kappa shape index (κ1) is 16.2. The van der Waals surface area contributed by atoms with Gasteiger partial charge in [0.1, 0.15) is 6.61 Å². The molecule has 3 N–H and O–H groups in total. The van der Waals surface area contributed by atoms with E-state index in [0.717, 1.165) is 5.56 Å². The van der Waals surface area contributed by atoms with E-state index < -0.39 is 0 Å². The van der Waals surface area contributed by atoms with Gasteiger partial charge in [-0.25, -0.2) is 0 Å². The van der Waals surface area contributed by atoms with Gasteiger partial charge >= 0.3 is 5.97 Å². The van der Waals surface area contributed by atoms with Gasteiger partial charge in [-0.2, -0.15) is 0 Å². The van der Waals surface area contributed by atoms with Gasteiger partial charge in [0, 0.05) is 6.42 Å². The van der Waals surface area contributed by atoms with Gasteiger partial charge in [0.25, 0.3) is 0 Å². The van der Waals surface area contributed by atoms with Crippen molar-refractivity contribution >= 4 is 11.9 Å². The lowest BCUT2D eigenvalue weighted by Crippen LogP contribution is -2.41. The van der Waals surface area contributed by atoms with E-state index in [9.17, 15) is 9.59 Å². The van der Waals surface area contributed by atoms with Gasteiger partial charge in [-0.05, 0) is 24.9 Å². The van der Waals surface area contributed by atoms with Crippen molar-refractivity contribution in [2.45, 2.75) is 38.8 Å². The van der Waals surface area contributed by atoms with E-state index in [-0.39, 0.29) is 17.9 Å². The summed E-state index contributed by atoms with van der Waals surface area (Å²) in [5.41, 5.74) is 6.18. The van der Waals surface area contributed by atoms with Crippen LogP contribution in [0.2, 0.25) is 0 Å². The summed E-state index contributed by atoms with van der Waals surface area (Å²) in [5, 5.41) is 3.02. The van der Waals surface area contributed by atoms with E-state index in [2.05, 4.69) is 5.32 Å². The molecule has 0 unspecified atom stereocenters. The van der Waals surface area contributed by atoms with Gasteiger partial charge < -0.3 is 15.8 Å². The number of primary amides is 1. The predicted octanol–water partition coefficient (Wildman–Crippen LogP) is 1.36. The third-order valence-corrected chi connectivity index (χ3v) is 2.94. The van der Waals surface area contributed by atoms with Crippen molar-refractivity contribution in [1.82, 2.24) is 5.32 Å². The average Bonchev–Trinajstić information content (AvgIpc) is 2.46. The Kier molecular flexibility index (Phi) is 7.35. The van der Waals surface area contributed by atoms with Crippen LogP contribution in [0.5, 0.6) is 0 Å². The van der Waals surface area contributed by atoms with Crippen molar-refractivity contribution in [2.75, 3.05) is 6.54 Å². The minimum Gasteiger partial charge on any atom is -0.461 e. The summed E-state index contributed by atoms with van der Waals surface area (Å²) >= 11 is 0. The summed E-state index contributed by atoms with van der Waals surface area (Å²) < 4.78 is 5.15. The van der Waals surface area contributed by atoms with Crippen LogP contribution in [0.4, 0.5) is 0 Å². The second kappa shape index (κ2) is 9.09. The largest absolute Gasteiger partial charge is 0.461 e. The first-order chi connectivity index (χ1) is 9.63. The van der Waals surface area contributed by atoms with E-state index in [1.807, 2.05) is 37.3 Å². The number of amides is 1. The Bertz CT molecular complexity index is 420. The zero-order chi connectivity index (χ0) is 14.8. The smallest absolute Gasteiger partial charge is 0.306 e. The highest BCUT2D eigenvalue weighted by Crippen LogP contribution is 2.02. The molecule has 1 rings (SSSR count). The zero-order valence-electron chi connectivity index (χ0n) is 11.8. The Labute approximate surface area is 119 Å². The molecule has 0 heterocycles. The van der Waals surface area contributed by atoms with E-state index in [4.69, 9.17) is 10.5 Å². The Balaban J connectivity index is 2.13. The number of benzene rings is 1. The van der Waals surface area contributed by atoms with Crippen LogP contribution in [0.15, 0.2) is 30.3 Å². The Morgan fingerprint density at radius 3 is 2.60 bits per heavy atom. The quantitative estimate of drug-likeness (QED) is 0.528. The predicted molar refractivity (Wildman–Crippen MR) is 76.7 cm³/mol. The highest BCUT2D eigenvalue weighted by Gasteiger charge is 2.11. The molecule has 1 amide bonds. The van der Waals surface area contributed by atoms with Gasteiger partial charge in [0.15, 0.2) is 0 Å². The van der Waals surface area contributed by atoms with Crippen LogP contribution in [0.25, 0.3) is 0 Å². The minimum absolute atomic E-state index is 0.234. The van der Waals surface area contributed by atoms with Crippen molar-refractivity contribution in [2.24, 2.45) is 5.73 Å². The van der Waals surface area contributed by atoms with Gasteiger partial charge in [-0.15, -0.1) is 0 Å². The maximum Gasteiger partial charge on any atom is 0.306 e. The van der Waals surface area contributed by atoms with Crippen molar-refractivity contribution in [3.63, 3.8) is 0 Å². The number of ether oxygens (including phenoxy) is 1. The Morgan fingerprint density at radius 1 is 1.30 bits per heavy atom. The van der Waals surface area contributed by atoms with Crippen molar-refractivity contribution in [3.8, 4) is 0 Å². The summed E-state index contributed by atoms with van der Waals surface area (Å²) in [5.74, 6) is -0.595. The first-order valence-corrected chi connectivity index (χ1v) is 6.85. The topological polar surface area (TPSA) is 81.4 Å². The molecule has 5 nitrogen and oxygen atoms in total. The van der Waals surface area contributed by atoms with Crippen LogP contribution in [0, 0.1) is 0 Å². The highest BCUT2D eigenvalue weighted by molar-refractivity contribution is 5.79. The van der Waals surface area contributed by atoms with Crippen LogP contribution in [-0.2, 0) is 20.9 Å². The first-order valence-electron chi connectivity index (χ1n) is 6.85. The number of carbonyl (C=O) groups excluding carboxylic acids is 2. The number of rotatable bonds is 9. The molecule has 20 heavy (non-hydrogen) atoms. The molecular weight excluding hydrogens is 256 g/mol. The summed E-state index contributed by atoms with van der Waals surface area (Å²) in [6.07, 6.45) is 1.60. The summed E-state index contributed by atoms with van der Waals surface area (Å²) in [7, 11) is 0. The molecule has 110 valence electrons. The number of nitrogens with one attached hydrogen (secondary N) is 1. The fraction of sp³-hybridized carbons (Fsp3) is 0.467. The van der Waals surface area contributed by atoms with Crippen molar-refractivity contribution in [1.29, 1.82) is 0 Å².